The van der Waals surface area contributed by atoms with Crippen molar-refractivity contribution in [1.29, 1.82) is 0 Å². The minimum Gasteiger partial charge on any atom is -0.370 e. The van der Waals surface area contributed by atoms with Gasteiger partial charge in [-0.3, -0.25) is 10.1 Å². The molecule has 1 amide bonds. The van der Waals surface area contributed by atoms with Crippen LogP contribution in [0.25, 0.3) is 5.69 Å². The third-order valence-corrected chi connectivity index (χ3v) is 5.48. The molecule has 3 heterocycles. The number of anilines is 1. The van der Waals surface area contributed by atoms with E-state index in [-0.39, 0.29) is 11.6 Å². The first-order valence-corrected chi connectivity index (χ1v) is 10.2. The lowest BCUT2D eigenvalue weighted by Gasteiger charge is -2.22. The summed E-state index contributed by atoms with van der Waals surface area (Å²) in [4.78, 5) is 20.0. The summed E-state index contributed by atoms with van der Waals surface area (Å²) < 4.78 is 5.38. The highest BCUT2D eigenvalue weighted by atomic mass is 35.5. The molecule has 0 atom stereocenters. The number of amides is 1. The van der Waals surface area contributed by atoms with Crippen molar-refractivity contribution < 1.29 is 14.4 Å². The third kappa shape index (κ3) is 4.39. The number of nitrogens with zero attached hydrogens (tertiary/aromatic N) is 4. The van der Waals surface area contributed by atoms with Crippen LogP contribution in [0.1, 0.15) is 21.9 Å². The van der Waals surface area contributed by atoms with E-state index in [0.717, 1.165) is 38.5 Å². The third-order valence-electron chi connectivity index (χ3n) is 4.44. The molecule has 1 aliphatic heterocycles. The minimum atomic E-state index is -0.328. The largest absolute Gasteiger partial charge is 0.370 e. The smallest absolute Gasteiger partial charge is 0.279 e. The molecule has 0 spiro atoms. The van der Waals surface area contributed by atoms with Crippen molar-refractivity contribution in [2.24, 2.45) is 0 Å². The molecule has 1 aromatic carbocycles. The molecular formula is C18H20ClN6O2S+. The van der Waals surface area contributed by atoms with Crippen molar-refractivity contribution in [3.63, 3.8) is 0 Å². The van der Waals surface area contributed by atoms with Gasteiger partial charge in [0, 0.05) is 10.4 Å². The maximum Gasteiger partial charge on any atom is 0.279 e. The first kappa shape index (κ1) is 19.0. The maximum absolute atomic E-state index is 12.6. The number of aromatic nitrogens is 4. The molecule has 2 aromatic heterocycles. The van der Waals surface area contributed by atoms with E-state index in [2.05, 4.69) is 20.5 Å². The minimum absolute atomic E-state index is 0.260. The average molecular weight is 420 g/mol. The van der Waals surface area contributed by atoms with Gasteiger partial charge in [0.25, 0.3) is 5.91 Å². The van der Waals surface area contributed by atoms with Crippen LogP contribution in [0.15, 0.2) is 29.6 Å². The molecule has 1 fully saturated rings. The number of hydrogen-bond acceptors (Lipinski definition) is 6. The second kappa shape index (κ2) is 8.36. The number of benzene rings is 1. The maximum atomic E-state index is 12.6. The Morgan fingerprint density at radius 2 is 2.18 bits per heavy atom. The Labute approximate surface area is 171 Å². The topological polar surface area (TPSA) is 86.4 Å². The van der Waals surface area contributed by atoms with Crippen LogP contribution in [0, 0.1) is 6.92 Å². The van der Waals surface area contributed by atoms with Gasteiger partial charge in [0.1, 0.15) is 25.3 Å². The predicted molar refractivity (Wildman–Crippen MR) is 106 cm³/mol. The fourth-order valence-electron chi connectivity index (χ4n) is 3.00. The highest BCUT2D eigenvalue weighted by Gasteiger charge is 2.19. The van der Waals surface area contributed by atoms with Crippen molar-refractivity contribution in [1.82, 2.24) is 20.0 Å². The van der Waals surface area contributed by atoms with Crippen molar-refractivity contribution in [3.8, 4) is 5.69 Å². The lowest BCUT2D eigenvalue weighted by molar-refractivity contribution is -0.921. The number of nitrogens with one attached hydrogen (secondary N) is 2. The number of quaternary nitrogens is 1. The predicted octanol–water partition coefficient (Wildman–Crippen LogP) is 1.35. The molecule has 1 saturated heterocycles. The number of carbonyl (C=O) groups excluding carboxylic acids is 1. The molecule has 28 heavy (non-hydrogen) atoms. The van der Waals surface area contributed by atoms with Gasteiger partial charge in [-0.25, -0.2) is 4.98 Å². The summed E-state index contributed by atoms with van der Waals surface area (Å²) in [5.74, 6) is -0.328. The van der Waals surface area contributed by atoms with Gasteiger partial charge in [0.05, 0.1) is 24.6 Å². The second-order valence-electron chi connectivity index (χ2n) is 6.54. The average Bonchev–Trinajstić information content (AvgIpc) is 3.29. The van der Waals surface area contributed by atoms with Crippen molar-refractivity contribution in [2.45, 2.75) is 13.5 Å². The van der Waals surface area contributed by atoms with Crippen LogP contribution in [0.5, 0.6) is 0 Å². The fourth-order valence-corrected chi connectivity index (χ4v) is 3.89. The molecule has 0 aliphatic carbocycles. The molecule has 3 aromatic rings. The van der Waals surface area contributed by atoms with Crippen LogP contribution in [0.2, 0.25) is 5.02 Å². The number of morpholine rings is 1. The summed E-state index contributed by atoms with van der Waals surface area (Å²) in [6.45, 7) is 6.10. The van der Waals surface area contributed by atoms with Crippen molar-refractivity contribution in [3.05, 3.63) is 51.7 Å². The molecular weight excluding hydrogens is 400 g/mol. The molecule has 8 nitrogen and oxygen atoms in total. The molecule has 1 aliphatic rings. The number of hydrogen-bond donors (Lipinski definition) is 2. The van der Waals surface area contributed by atoms with E-state index in [1.165, 1.54) is 21.0 Å². The van der Waals surface area contributed by atoms with Crippen LogP contribution in [-0.2, 0) is 11.3 Å². The summed E-state index contributed by atoms with van der Waals surface area (Å²) in [5, 5.41) is 14.6. The quantitative estimate of drug-likeness (QED) is 0.652. The number of rotatable bonds is 5. The van der Waals surface area contributed by atoms with Crippen molar-refractivity contribution in [2.75, 3.05) is 31.6 Å². The van der Waals surface area contributed by atoms with Gasteiger partial charge in [-0.1, -0.05) is 17.7 Å². The zero-order valence-electron chi connectivity index (χ0n) is 15.3. The van der Waals surface area contributed by atoms with Gasteiger partial charge in [0.15, 0.2) is 10.8 Å². The molecule has 0 saturated carbocycles. The van der Waals surface area contributed by atoms with Gasteiger partial charge < -0.3 is 9.64 Å². The Bertz CT molecular complexity index is 982. The van der Waals surface area contributed by atoms with E-state index >= 15 is 0 Å². The Morgan fingerprint density at radius 1 is 1.36 bits per heavy atom. The van der Waals surface area contributed by atoms with Gasteiger partial charge in [0.2, 0.25) is 0 Å². The molecule has 146 valence electrons. The van der Waals surface area contributed by atoms with E-state index in [0.29, 0.717) is 21.5 Å². The van der Waals surface area contributed by atoms with Crippen LogP contribution in [0.4, 0.5) is 5.13 Å². The van der Waals surface area contributed by atoms with E-state index in [9.17, 15) is 4.79 Å². The Hall–Kier alpha value is -2.33. The van der Waals surface area contributed by atoms with E-state index in [4.69, 9.17) is 16.3 Å². The number of thiazole rings is 1. The standard InChI is InChI=1S/C18H19ClN6O2S/c1-12-16(23-25(22-12)15-4-2-3-13(19)9-15)17(26)21-18-20-14(11-28-18)10-24-5-7-27-8-6-24/h2-4,9,11H,5-8,10H2,1H3,(H,20,21,26)/p+1. The van der Waals surface area contributed by atoms with Gasteiger partial charge >= 0.3 is 0 Å². The number of ether oxygens (including phenoxy) is 1. The number of halogens is 1. The highest BCUT2D eigenvalue weighted by molar-refractivity contribution is 7.13. The van der Waals surface area contributed by atoms with E-state index in [1.54, 1.807) is 19.1 Å². The first-order chi connectivity index (χ1) is 13.6. The lowest BCUT2D eigenvalue weighted by Crippen LogP contribution is -3.12. The van der Waals surface area contributed by atoms with Crippen LogP contribution < -0.4 is 10.2 Å². The Balaban J connectivity index is 1.44. The fraction of sp³-hybridized carbons (Fsp3) is 0.333. The summed E-state index contributed by atoms with van der Waals surface area (Å²) in [7, 11) is 0. The van der Waals surface area contributed by atoms with Gasteiger partial charge in [-0.15, -0.1) is 16.4 Å². The normalized spacial score (nSPS) is 14.9. The molecule has 2 N–H and O–H groups in total. The van der Waals surface area contributed by atoms with E-state index < -0.39 is 0 Å². The zero-order valence-corrected chi connectivity index (χ0v) is 16.9. The summed E-state index contributed by atoms with van der Waals surface area (Å²) in [5.41, 5.74) is 2.46. The molecule has 0 bridgehead atoms. The second-order valence-corrected chi connectivity index (χ2v) is 7.84. The van der Waals surface area contributed by atoms with Crippen molar-refractivity contribution >= 4 is 34.0 Å². The summed E-state index contributed by atoms with van der Waals surface area (Å²) in [6.07, 6.45) is 0. The summed E-state index contributed by atoms with van der Waals surface area (Å²) >= 11 is 7.43. The zero-order chi connectivity index (χ0) is 19.5. The highest BCUT2D eigenvalue weighted by Crippen LogP contribution is 2.18. The monoisotopic (exact) mass is 419 g/mol. The molecule has 10 heteroatoms. The SMILES string of the molecule is Cc1nn(-c2cccc(Cl)c2)nc1C(=O)Nc1nc(C[NH+]2CCOCC2)cs1. The number of carbonyl (C=O) groups is 1. The number of aryl methyl sites for hydroxylation is 1. The molecule has 0 radical (unpaired) electrons. The van der Waals surface area contributed by atoms with Gasteiger partial charge in [-0.05, 0) is 25.1 Å². The molecule has 0 unspecified atom stereocenters. The lowest BCUT2D eigenvalue weighted by atomic mass is 10.3. The van der Waals surface area contributed by atoms with Crippen LogP contribution in [0.3, 0.4) is 0 Å². The Kier molecular flexibility index (Phi) is 5.67. The Morgan fingerprint density at radius 3 is 2.96 bits per heavy atom. The van der Waals surface area contributed by atoms with Crippen LogP contribution >= 0.6 is 22.9 Å². The van der Waals surface area contributed by atoms with Crippen LogP contribution in [-0.4, -0.2) is 52.2 Å². The summed E-state index contributed by atoms with van der Waals surface area (Å²) in [6, 6.07) is 7.15. The van der Waals surface area contributed by atoms with E-state index in [1.807, 2.05) is 17.5 Å². The van der Waals surface area contributed by atoms with Gasteiger partial charge in [-0.2, -0.15) is 9.90 Å². The first-order valence-electron chi connectivity index (χ1n) is 8.95. The molecule has 4 rings (SSSR count).